The summed E-state index contributed by atoms with van der Waals surface area (Å²) in [5.74, 6) is -0.0761. The normalized spacial score (nSPS) is 27.0. The average molecular weight is 589 g/mol. The Hall–Kier alpha value is -3.50. The lowest BCUT2D eigenvalue weighted by Gasteiger charge is -2.39. The summed E-state index contributed by atoms with van der Waals surface area (Å²) >= 11 is 0. The lowest BCUT2D eigenvalue weighted by atomic mass is 9.94. The first-order valence-electron chi connectivity index (χ1n) is 15.4. The van der Waals surface area contributed by atoms with Gasteiger partial charge in [-0.25, -0.2) is 18.2 Å². The number of fused-ring (bicyclic) bond motifs is 4. The Kier molecular flexibility index (Phi) is 6.31. The molecule has 3 saturated heterocycles. The molecule has 7 nitrogen and oxygen atoms in total. The van der Waals surface area contributed by atoms with E-state index < -0.39 is 12.0 Å². The zero-order chi connectivity index (χ0) is 29.5. The third-order valence-corrected chi connectivity index (χ3v) is 10.3. The van der Waals surface area contributed by atoms with Gasteiger partial charge in [-0.05, 0) is 61.1 Å². The number of rotatable bonds is 4. The number of alkyl halides is 1. The molecule has 0 amide bonds. The molecule has 43 heavy (non-hydrogen) atoms. The SMILES string of the molecule is Cc1c(F)ccc2cccc(-c3nc4c5c(nc(OC[C@@]67CCCN6C[C@H](F)C7)nc5c3F)N3CCNC[C@H]3[C@H](C)C4)c12. The summed E-state index contributed by atoms with van der Waals surface area (Å²) in [7, 11) is 0. The van der Waals surface area contributed by atoms with E-state index in [0.29, 0.717) is 53.6 Å². The van der Waals surface area contributed by atoms with Gasteiger partial charge >= 0.3 is 6.01 Å². The molecule has 0 bridgehead atoms. The van der Waals surface area contributed by atoms with Crippen LogP contribution < -0.4 is 15.0 Å². The molecule has 4 atom stereocenters. The van der Waals surface area contributed by atoms with Crippen molar-refractivity contribution < 1.29 is 17.9 Å². The fraction of sp³-hybridized carbons (Fsp3) is 0.485. The molecule has 0 spiro atoms. The van der Waals surface area contributed by atoms with Crippen molar-refractivity contribution >= 4 is 27.5 Å². The van der Waals surface area contributed by atoms with Crippen molar-refractivity contribution in [2.75, 3.05) is 44.2 Å². The lowest BCUT2D eigenvalue weighted by molar-refractivity contribution is 0.107. The van der Waals surface area contributed by atoms with E-state index in [1.165, 1.54) is 6.07 Å². The molecule has 4 aliphatic heterocycles. The van der Waals surface area contributed by atoms with Crippen LogP contribution in [0, 0.1) is 24.5 Å². The monoisotopic (exact) mass is 588 g/mol. The highest BCUT2D eigenvalue weighted by atomic mass is 19.1. The standard InChI is InChI=1S/C33H35F3N6O/c1-18-13-24-27-30(28(36)29(38-24)22-6-3-5-20-7-8-23(35)19(2)26(20)22)39-32(40-31(27)42-12-10-37-15-25(18)42)43-17-33-9-4-11-41(33)16-21(34)14-33/h3,5-8,18,21,25,37H,4,9-17H2,1-2H3/t18-,21-,25+,33+/m1/s1. The molecule has 4 aromatic rings. The first-order valence-corrected chi connectivity index (χ1v) is 15.4. The van der Waals surface area contributed by atoms with Crippen LogP contribution in [0.3, 0.4) is 0 Å². The Morgan fingerprint density at radius 2 is 1.98 bits per heavy atom. The topological polar surface area (TPSA) is 66.4 Å². The molecule has 8 rings (SSSR count). The van der Waals surface area contributed by atoms with Crippen LogP contribution >= 0.6 is 0 Å². The Labute approximate surface area is 248 Å². The van der Waals surface area contributed by atoms with Crippen LogP contribution in [-0.4, -0.2) is 76.9 Å². The summed E-state index contributed by atoms with van der Waals surface area (Å²) in [4.78, 5) is 19.0. The maximum absolute atomic E-state index is 16.9. The highest BCUT2D eigenvalue weighted by molar-refractivity contribution is 6.01. The molecule has 4 aliphatic rings. The predicted octanol–water partition coefficient (Wildman–Crippen LogP) is 5.36. The number of anilines is 1. The Balaban J connectivity index is 1.32. The second kappa shape index (κ2) is 10.0. The van der Waals surface area contributed by atoms with Gasteiger partial charge in [0.05, 0.1) is 16.6 Å². The molecule has 10 heteroatoms. The van der Waals surface area contributed by atoms with E-state index in [2.05, 4.69) is 22.0 Å². The molecule has 0 saturated carbocycles. The quantitative estimate of drug-likeness (QED) is 0.345. The van der Waals surface area contributed by atoms with Gasteiger partial charge in [0.1, 0.15) is 35.6 Å². The van der Waals surface area contributed by atoms with Gasteiger partial charge in [-0.3, -0.25) is 4.90 Å². The number of benzene rings is 2. The van der Waals surface area contributed by atoms with Crippen molar-refractivity contribution in [2.45, 2.75) is 57.3 Å². The van der Waals surface area contributed by atoms with Gasteiger partial charge in [0.2, 0.25) is 0 Å². The van der Waals surface area contributed by atoms with Gasteiger partial charge in [0.25, 0.3) is 0 Å². The van der Waals surface area contributed by atoms with E-state index in [1.807, 2.05) is 12.1 Å². The number of nitrogens with one attached hydrogen (secondary N) is 1. The van der Waals surface area contributed by atoms with Gasteiger partial charge in [-0.2, -0.15) is 9.97 Å². The predicted molar refractivity (Wildman–Crippen MR) is 160 cm³/mol. The summed E-state index contributed by atoms with van der Waals surface area (Å²) in [5.41, 5.74) is 1.65. The van der Waals surface area contributed by atoms with Gasteiger partial charge in [0, 0.05) is 44.2 Å². The van der Waals surface area contributed by atoms with Crippen molar-refractivity contribution in [3.63, 3.8) is 0 Å². The second-order valence-electron chi connectivity index (χ2n) is 12.9. The zero-order valence-corrected chi connectivity index (χ0v) is 24.5. The minimum Gasteiger partial charge on any atom is -0.461 e. The fourth-order valence-corrected chi connectivity index (χ4v) is 8.12. The van der Waals surface area contributed by atoms with Crippen LogP contribution in [0.5, 0.6) is 6.01 Å². The van der Waals surface area contributed by atoms with Crippen LogP contribution in [-0.2, 0) is 6.42 Å². The minimum absolute atomic E-state index is 0.0972. The molecule has 6 heterocycles. The molecule has 2 aromatic carbocycles. The Morgan fingerprint density at radius 3 is 2.86 bits per heavy atom. The summed E-state index contributed by atoms with van der Waals surface area (Å²) in [6.45, 7) is 7.72. The number of aryl methyl sites for hydroxylation is 1. The van der Waals surface area contributed by atoms with Crippen LogP contribution in [0.4, 0.5) is 19.0 Å². The Bertz CT molecular complexity index is 1770. The maximum Gasteiger partial charge on any atom is 0.319 e. The van der Waals surface area contributed by atoms with E-state index in [4.69, 9.17) is 19.7 Å². The fourth-order valence-electron chi connectivity index (χ4n) is 8.12. The van der Waals surface area contributed by atoms with Crippen molar-refractivity contribution in [3.8, 4) is 17.3 Å². The minimum atomic E-state index is -0.878. The molecule has 0 radical (unpaired) electrons. The smallest absolute Gasteiger partial charge is 0.319 e. The Morgan fingerprint density at radius 1 is 1.09 bits per heavy atom. The number of nitrogens with zero attached hydrogens (tertiary/aromatic N) is 5. The average Bonchev–Trinajstić information content (AvgIpc) is 3.50. The number of hydrogen-bond acceptors (Lipinski definition) is 7. The molecular weight excluding hydrogens is 553 g/mol. The summed E-state index contributed by atoms with van der Waals surface area (Å²) in [5, 5.41) is 5.56. The first kappa shape index (κ1) is 27.1. The number of hydrogen-bond donors (Lipinski definition) is 1. The molecule has 224 valence electrons. The van der Waals surface area contributed by atoms with Crippen molar-refractivity contribution in [2.24, 2.45) is 5.92 Å². The maximum atomic E-state index is 16.9. The van der Waals surface area contributed by atoms with Gasteiger partial charge < -0.3 is 15.0 Å². The van der Waals surface area contributed by atoms with Gasteiger partial charge in [0.15, 0.2) is 5.82 Å². The van der Waals surface area contributed by atoms with Gasteiger partial charge in [-0.15, -0.1) is 0 Å². The molecule has 0 unspecified atom stereocenters. The highest BCUT2D eigenvalue weighted by Gasteiger charge is 2.49. The highest BCUT2D eigenvalue weighted by Crippen LogP contribution is 2.43. The van der Waals surface area contributed by atoms with Crippen molar-refractivity contribution in [1.29, 1.82) is 0 Å². The van der Waals surface area contributed by atoms with E-state index in [0.717, 1.165) is 43.6 Å². The van der Waals surface area contributed by atoms with E-state index in [-0.39, 0.29) is 47.1 Å². The molecule has 1 N–H and O–H groups in total. The van der Waals surface area contributed by atoms with Crippen LogP contribution in [0.15, 0.2) is 30.3 Å². The molecule has 2 aromatic heterocycles. The first-order chi connectivity index (χ1) is 20.8. The van der Waals surface area contributed by atoms with Crippen LogP contribution in [0.2, 0.25) is 0 Å². The van der Waals surface area contributed by atoms with Crippen molar-refractivity contribution in [3.05, 3.63) is 53.2 Å². The van der Waals surface area contributed by atoms with Crippen LogP contribution in [0.25, 0.3) is 32.9 Å². The van der Waals surface area contributed by atoms with E-state index in [1.54, 1.807) is 19.1 Å². The number of pyridine rings is 1. The number of piperazine rings is 1. The van der Waals surface area contributed by atoms with E-state index >= 15 is 4.39 Å². The molecule has 3 fully saturated rings. The third-order valence-electron chi connectivity index (χ3n) is 10.3. The lowest BCUT2D eigenvalue weighted by Crippen LogP contribution is -2.54. The number of aromatic nitrogens is 3. The number of halogens is 3. The molecule has 0 aliphatic carbocycles. The van der Waals surface area contributed by atoms with Crippen LogP contribution in [0.1, 0.15) is 37.4 Å². The summed E-state index contributed by atoms with van der Waals surface area (Å²) in [6, 6.07) is 8.93. The summed E-state index contributed by atoms with van der Waals surface area (Å²) in [6.07, 6.45) is 2.02. The number of ether oxygens (including phenoxy) is 1. The largest absolute Gasteiger partial charge is 0.461 e. The van der Waals surface area contributed by atoms with Crippen molar-refractivity contribution in [1.82, 2.24) is 25.2 Å². The third kappa shape index (κ3) is 4.20. The van der Waals surface area contributed by atoms with Gasteiger partial charge in [-0.1, -0.05) is 31.2 Å². The molecular formula is C33H35F3N6O. The summed E-state index contributed by atoms with van der Waals surface area (Å²) < 4.78 is 52.4. The second-order valence-corrected chi connectivity index (χ2v) is 12.9. The van der Waals surface area contributed by atoms with E-state index in [9.17, 15) is 8.78 Å². The zero-order valence-electron chi connectivity index (χ0n) is 24.5.